The van der Waals surface area contributed by atoms with E-state index in [2.05, 4.69) is 180 Å². The van der Waals surface area contributed by atoms with Crippen LogP contribution in [-0.2, 0) is 0 Å². The van der Waals surface area contributed by atoms with E-state index in [1.54, 1.807) is 11.3 Å². The van der Waals surface area contributed by atoms with Gasteiger partial charge in [-0.1, -0.05) is 146 Å². The molecule has 13 aromatic rings. The Balaban J connectivity index is 1.14. The van der Waals surface area contributed by atoms with Gasteiger partial charge in [0.25, 0.3) is 0 Å². The third kappa shape index (κ3) is 5.29. The minimum Gasteiger partial charge on any atom is -0.456 e. The van der Waals surface area contributed by atoms with Gasteiger partial charge in [-0.25, -0.2) is 15.0 Å². The summed E-state index contributed by atoms with van der Waals surface area (Å²) in [6, 6.07) is 68.5. The van der Waals surface area contributed by atoms with Gasteiger partial charge in [0.05, 0.1) is 22.1 Å². The molecule has 284 valence electrons. The second-order valence-electron chi connectivity index (χ2n) is 15.5. The van der Waals surface area contributed by atoms with Crippen LogP contribution in [0.2, 0.25) is 0 Å². The summed E-state index contributed by atoms with van der Waals surface area (Å²) in [6.07, 6.45) is 0. The van der Waals surface area contributed by atoms with Gasteiger partial charge in [-0.3, -0.25) is 0 Å². The minimum atomic E-state index is 0.583. The third-order valence-corrected chi connectivity index (χ3v) is 13.3. The number of aromatic nitrogens is 4. The molecule has 0 radical (unpaired) electrons. The smallest absolute Gasteiger partial charge is 0.166 e. The van der Waals surface area contributed by atoms with Crippen LogP contribution in [0.5, 0.6) is 0 Å². The predicted molar refractivity (Wildman–Crippen MR) is 254 cm³/mol. The van der Waals surface area contributed by atoms with E-state index in [1.165, 1.54) is 37.0 Å². The molecule has 0 saturated carbocycles. The SMILES string of the molecule is c1ccc(-c2ccc(-c3nc(-c4ccc5oc6ccccc6c5c4-n4c5ccccc5c5cc6ccccc6cc54)nc(-c4cccc5c4sc4ccccc45)n3)cc2)cc1. The highest BCUT2D eigenvalue weighted by Gasteiger charge is 2.25. The van der Waals surface area contributed by atoms with Crippen molar-refractivity contribution < 1.29 is 4.42 Å². The average molecular weight is 797 g/mol. The molecule has 0 amide bonds. The van der Waals surface area contributed by atoms with Crippen LogP contribution in [0.3, 0.4) is 0 Å². The molecule has 4 aromatic heterocycles. The number of thiophene rings is 1. The zero-order valence-electron chi connectivity index (χ0n) is 32.6. The van der Waals surface area contributed by atoms with E-state index in [1.807, 2.05) is 18.2 Å². The van der Waals surface area contributed by atoms with Crippen LogP contribution in [0.15, 0.2) is 199 Å². The first-order chi connectivity index (χ1) is 30.2. The van der Waals surface area contributed by atoms with Gasteiger partial charge in [0, 0.05) is 53.0 Å². The molecule has 0 aliphatic carbocycles. The standard InChI is InChI=1S/C55H32N4OS/c1-2-13-33(14-3-1)34-25-27-35(28-26-34)53-56-54(58-55(57-53)43-21-12-20-40-39-18-8-11-24-49(39)61-52(40)43)42-29-30-48-50(41-19-7-10-23-47(41)60-48)51(42)59-45-22-9-6-17-38(45)44-31-36-15-4-5-16-37(36)32-46(44)59/h1-32H. The lowest BCUT2D eigenvalue weighted by Crippen LogP contribution is -2.04. The lowest BCUT2D eigenvalue weighted by Gasteiger charge is -2.16. The molecule has 0 saturated heterocycles. The molecule has 0 fully saturated rings. The normalized spacial score (nSPS) is 11.9. The summed E-state index contributed by atoms with van der Waals surface area (Å²) in [7, 11) is 0. The number of furan rings is 1. The minimum absolute atomic E-state index is 0.583. The van der Waals surface area contributed by atoms with Crippen molar-refractivity contribution in [1.82, 2.24) is 19.5 Å². The number of hydrogen-bond donors (Lipinski definition) is 0. The Morgan fingerprint density at radius 2 is 1.03 bits per heavy atom. The van der Waals surface area contributed by atoms with Crippen molar-refractivity contribution in [2.24, 2.45) is 0 Å². The van der Waals surface area contributed by atoms with Crippen molar-refractivity contribution in [1.29, 1.82) is 0 Å². The fourth-order valence-electron chi connectivity index (χ4n) is 9.22. The number of fused-ring (bicyclic) bond motifs is 10. The van der Waals surface area contributed by atoms with Gasteiger partial charge in [-0.15, -0.1) is 11.3 Å². The first kappa shape index (κ1) is 34.0. The summed E-state index contributed by atoms with van der Waals surface area (Å²) in [6.45, 7) is 0. The predicted octanol–water partition coefficient (Wildman–Crippen LogP) is 15.1. The molecule has 0 unspecified atom stereocenters. The van der Waals surface area contributed by atoms with Gasteiger partial charge in [-0.2, -0.15) is 0 Å². The summed E-state index contributed by atoms with van der Waals surface area (Å²) in [5.74, 6) is 1.81. The molecule has 0 aliphatic heterocycles. The average Bonchev–Trinajstić information content (AvgIpc) is 4.00. The Morgan fingerprint density at radius 3 is 1.89 bits per heavy atom. The summed E-state index contributed by atoms with van der Waals surface area (Å²) < 4.78 is 11.4. The molecule has 61 heavy (non-hydrogen) atoms. The Bertz CT molecular complexity index is 3880. The van der Waals surface area contributed by atoms with Crippen LogP contribution in [0.4, 0.5) is 0 Å². The maximum absolute atomic E-state index is 6.62. The van der Waals surface area contributed by atoms with Crippen LogP contribution < -0.4 is 0 Å². The molecule has 13 rings (SSSR count). The maximum atomic E-state index is 6.62. The molecular weight excluding hydrogens is 765 g/mol. The molecule has 9 aromatic carbocycles. The van der Waals surface area contributed by atoms with E-state index in [0.717, 1.165) is 71.2 Å². The topological polar surface area (TPSA) is 56.7 Å². The van der Waals surface area contributed by atoms with E-state index in [4.69, 9.17) is 19.4 Å². The van der Waals surface area contributed by atoms with Gasteiger partial charge in [0.15, 0.2) is 17.5 Å². The molecule has 0 aliphatic rings. The number of benzene rings is 9. The zero-order chi connectivity index (χ0) is 40.0. The highest BCUT2D eigenvalue weighted by Crippen LogP contribution is 2.45. The highest BCUT2D eigenvalue weighted by molar-refractivity contribution is 7.26. The first-order valence-corrected chi connectivity index (χ1v) is 21.2. The Kier molecular flexibility index (Phi) is 7.41. The van der Waals surface area contributed by atoms with Crippen molar-refractivity contribution >= 4 is 86.0 Å². The molecule has 0 atom stereocenters. The number of nitrogens with zero attached hydrogens (tertiary/aromatic N) is 4. The lowest BCUT2D eigenvalue weighted by molar-refractivity contribution is 0.669. The fourth-order valence-corrected chi connectivity index (χ4v) is 10.4. The van der Waals surface area contributed by atoms with Gasteiger partial charge in [0.2, 0.25) is 0 Å². The number of rotatable bonds is 5. The summed E-state index contributed by atoms with van der Waals surface area (Å²) >= 11 is 1.78. The van der Waals surface area contributed by atoms with Crippen LogP contribution in [0.25, 0.3) is 126 Å². The van der Waals surface area contributed by atoms with E-state index < -0.39 is 0 Å². The van der Waals surface area contributed by atoms with E-state index in [-0.39, 0.29) is 0 Å². The second kappa shape index (κ2) is 13.3. The summed E-state index contributed by atoms with van der Waals surface area (Å²) in [5.41, 5.74) is 9.83. The third-order valence-electron chi connectivity index (χ3n) is 12.1. The molecule has 4 heterocycles. The van der Waals surface area contributed by atoms with Crippen LogP contribution in [-0.4, -0.2) is 19.5 Å². The van der Waals surface area contributed by atoms with Crippen LogP contribution in [0, 0.1) is 0 Å². The van der Waals surface area contributed by atoms with Gasteiger partial charge < -0.3 is 8.98 Å². The molecule has 6 heteroatoms. The highest BCUT2D eigenvalue weighted by atomic mass is 32.1. The van der Waals surface area contributed by atoms with Gasteiger partial charge in [-0.05, 0) is 70.4 Å². The molecule has 5 nitrogen and oxygen atoms in total. The summed E-state index contributed by atoms with van der Waals surface area (Å²) in [4.78, 5) is 16.2. The zero-order valence-corrected chi connectivity index (χ0v) is 33.4. The van der Waals surface area contributed by atoms with Crippen LogP contribution >= 0.6 is 11.3 Å². The van der Waals surface area contributed by atoms with Crippen LogP contribution in [0.1, 0.15) is 0 Å². The van der Waals surface area contributed by atoms with E-state index in [9.17, 15) is 0 Å². The van der Waals surface area contributed by atoms with E-state index in [0.29, 0.717) is 17.5 Å². The van der Waals surface area contributed by atoms with Crippen molar-refractivity contribution in [3.8, 4) is 51.0 Å². The fraction of sp³-hybridized carbons (Fsp3) is 0. The second-order valence-corrected chi connectivity index (χ2v) is 16.6. The van der Waals surface area contributed by atoms with Crippen molar-refractivity contribution in [3.63, 3.8) is 0 Å². The van der Waals surface area contributed by atoms with E-state index >= 15 is 0 Å². The van der Waals surface area contributed by atoms with Gasteiger partial charge in [0.1, 0.15) is 11.2 Å². The quantitative estimate of drug-likeness (QED) is 0.174. The van der Waals surface area contributed by atoms with Gasteiger partial charge >= 0.3 is 0 Å². The number of hydrogen-bond acceptors (Lipinski definition) is 5. The van der Waals surface area contributed by atoms with Crippen molar-refractivity contribution in [3.05, 3.63) is 194 Å². The molecule has 0 bridgehead atoms. The monoisotopic (exact) mass is 796 g/mol. The maximum Gasteiger partial charge on any atom is 0.166 e. The molecule has 0 N–H and O–H groups in total. The Morgan fingerprint density at radius 1 is 0.393 bits per heavy atom. The first-order valence-electron chi connectivity index (χ1n) is 20.4. The number of para-hydroxylation sites is 2. The molecular formula is C55H32N4OS. The Labute approximate surface area is 353 Å². The lowest BCUT2D eigenvalue weighted by atomic mass is 10.0. The van der Waals surface area contributed by atoms with Crippen molar-refractivity contribution in [2.45, 2.75) is 0 Å². The van der Waals surface area contributed by atoms with Crippen molar-refractivity contribution in [2.75, 3.05) is 0 Å². The largest absolute Gasteiger partial charge is 0.456 e. The molecule has 0 spiro atoms. The Hall–Kier alpha value is -7.93. The summed E-state index contributed by atoms with van der Waals surface area (Å²) in [5, 5.41) is 9.18.